The summed E-state index contributed by atoms with van der Waals surface area (Å²) < 4.78 is 29.5. The van der Waals surface area contributed by atoms with Gasteiger partial charge in [-0.2, -0.15) is 9.97 Å². The molecule has 8 heterocycles. The molecule has 0 aliphatic heterocycles. The highest BCUT2D eigenvalue weighted by atomic mass is 35.5. The van der Waals surface area contributed by atoms with Crippen LogP contribution in [-0.4, -0.2) is 56.2 Å². The fraction of sp³-hybridized carbons (Fsp3) is 0. The van der Waals surface area contributed by atoms with Crippen LogP contribution in [0.2, 0.25) is 5.28 Å². The molecule has 0 bridgehead atoms. The molecule has 0 aliphatic rings. The lowest BCUT2D eigenvalue weighted by molar-refractivity contribution is 0.425. The van der Waals surface area contributed by atoms with Gasteiger partial charge in [-0.15, -0.1) is 0 Å². The van der Waals surface area contributed by atoms with Gasteiger partial charge in [0.15, 0.2) is 29.1 Å². The zero-order valence-electron chi connectivity index (χ0n) is 62.7. The molecule has 0 spiro atoms. The SMILES string of the molecule is Clc1nc(-c2ccc3c(c2)oc2ccccc23)nc(-c2ccc3c(c2)oc2ccc(-c4ccccc4)cc23)n1.OB(O)c1ccccc1-n1c2ccccc2c2ccccc21.c1ccc(-c2ccc3oc4cc(-c5nc(-c6ccc7c(c6)oc6ccccc67)nc(-c6ccccc6-n6c7ccccc7c7ccccc76)n5)ccc4c3c2)cc1. The summed E-state index contributed by atoms with van der Waals surface area (Å²) in [4.78, 5) is 29.2. The van der Waals surface area contributed by atoms with Gasteiger partial charge in [-0.05, 0) is 161 Å². The molecule has 24 rings (SSSR count). The smallest absolute Gasteiger partial charge is 0.456 e. The largest absolute Gasteiger partial charge is 0.490 e. The molecular formula is C102H62BClN8O6. The van der Waals surface area contributed by atoms with Gasteiger partial charge in [-0.25, -0.2) is 19.9 Å². The van der Waals surface area contributed by atoms with Crippen LogP contribution >= 0.6 is 11.6 Å². The first-order valence-electron chi connectivity index (χ1n) is 38.8. The lowest BCUT2D eigenvalue weighted by atomic mass is 9.79. The highest BCUT2D eigenvalue weighted by molar-refractivity contribution is 6.60. The van der Waals surface area contributed by atoms with Crippen molar-refractivity contribution in [2.75, 3.05) is 0 Å². The molecular weight excluding hydrogens is 1480 g/mol. The van der Waals surface area contributed by atoms with E-state index >= 15 is 0 Å². The molecule has 0 unspecified atom stereocenters. The Labute approximate surface area is 677 Å². The standard InChI is InChI=1S/C51H30N4O2.C33H18ClN3O2.C18H14BNO2/c1-2-12-31(13-3-1)32-24-27-46-41(28-32)39-26-23-34(30-48(39)57-46)50-52-49(33-22-25-38-37-16-7-11-21-45(37)56-47(38)29-33)53-51(54-50)40-17-6-10-20-44(40)55-42-18-8-4-14-35(42)36-15-5-9-19-43(36)55;34-33-36-31(21-10-13-24-23-8-4-5-9-27(23)38-29(24)17-21)35-32(37-33)22-11-14-25-26-16-20(19-6-2-1-3-7-19)12-15-28(26)39-30(25)18-22;21-19(22)15-9-3-6-12-18(15)20-16-10-4-1-7-13(16)14-8-2-5-11-17(14)20/h1-30H;1-18H;1-12,21-22H. The summed E-state index contributed by atoms with van der Waals surface area (Å²) in [7, 11) is -1.50. The first-order valence-corrected chi connectivity index (χ1v) is 39.1. The minimum absolute atomic E-state index is 0.122. The van der Waals surface area contributed by atoms with Crippen molar-refractivity contribution in [2.24, 2.45) is 0 Å². The average molecular weight is 1540 g/mol. The van der Waals surface area contributed by atoms with Crippen LogP contribution in [0, 0.1) is 0 Å². The summed E-state index contributed by atoms with van der Waals surface area (Å²) in [5, 5.41) is 32.6. The molecule has 16 aromatic carbocycles. The zero-order chi connectivity index (χ0) is 78.5. The Balaban J connectivity index is 0.000000118. The minimum Gasteiger partial charge on any atom is -0.456 e. The summed E-state index contributed by atoms with van der Waals surface area (Å²) >= 11 is 6.38. The molecule has 0 radical (unpaired) electrons. The molecule has 0 fully saturated rings. The van der Waals surface area contributed by atoms with Crippen LogP contribution in [0.4, 0.5) is 0 Å². The van der Waals surface area contributed by atoms with Crippen LogP contribution in [0.1, 0.15) is 0 Å². The maximum Gasteiger partial charge on any atom is 0.490 e. The van der Waals surface area contributed by atoms with Crippen molar-refractivity contribution in [3.63, 3.8) is 0 Å². The monoisotopic (exact) mass is 1540 g/mol. The van der Waals surface area contributed by atoms with Gasteiger partial charge in [-0.3, -0.25) is 0 Å². The van der Waals surface area contributed by atoms with E-state index in [0.717, 1.165) is 176 Å². The molecule has 2 N–H and O–H groups in total. The second kappa shape index (κ2) is 28.6. The van der Waals surface area contributed by atoms with E-state index in [9.17, 15) is 10.0 Å². The van der Waals surface area contributed by atoms with Crippen molar-refractivity contribution in [3.05, 3.63) is 369 Å². The molecule has 118 heavy (non-hydrogen) atoms. The molecule has 0 aliphatic carbocycles. The number of benzene rings is 16. The van der Waals surface area contributed by atoms with Gasteiger partial charge in [0.1, 0.15) is 44.7 Å². The predicted molar refractivity (Wildman–Crippen MR) is 477 cm³/mol. The molecule has 0 amide bonds. The normalized spacial score (nSPS) is 11.7. The van der Waals surface area contributed by atoms with E-state index in [0.29, 0.717) is 34.6 Å². The van der Waals surface area contributed by atoms with E-state index in [1.165, 1.54) is 16.3 Å². The zero-order valence-corrected chi connectivity index (χ0v) is 63.5. The lowest BCUT2D eigenvalue weighted by Crippen LogP contribution is -2.33. The fourth-order valence-corrected chi connectivity index (χ4v) is 16.8. The highest BCUT2D eigenvalue weighted by Crippen LogP contribution is 2.42. The number of hydrogen-bond donors (Lipinski definition) is 2. The highest BCUT2D eigenvalue weighted by Gasteiger charge is 2.24. The van der Waals surface area contributed by atoms with Crippen LogP contribution in [0.25, 0.3) is 222 Å². The second-order valence-corrected chi connectivity index (χ2v) is 29.5. The third-order valence-electron chi connectivity index (χ3n) is 22.2. The number of para-hydroxylation sites is 8. The van der Waals surface area contributed by atoms with E-state index in [2.05, 4.69) is 213 Å². The number of fused-ring (bicyclic) bond motifs is 18. The van der Waals surface area contributed by atoms with Gasteiger partial charge in [0.05, 0.1) is 27.8 Å². The third-order valence-corrected chi connectivity index (χ3v) is 22.4. The van der Waals surface area contributed by atoms with Crippen molar-refractivity contribution in [2.45, 2.75) is 0 Å². The molecule has 16 heteroatoms. The molecule has 0 saturated heterocycles. The maximum absolute atomic E-state index is 9.69. The molecule has 0 atom stereocenters. The number of hydrogen-bond acceptors (Lipinski definition) is 12. The average Bonchev–Trinajstić information content (AvgIpc) is 1.58. The van der Waals surface area contributed by atoms with Crippen molar-refractivity contribution < 1.29 is 27.7 Å². The van der Waals surface area contributed by atoms with E-state index in [4.69, 9.17) is 49.2 Å². The summed E-state index contributed by atoms with van der Waals surface area (Å²) in [6, 6.07) is 123. The number of aromatic nitrogens is 8. The van der Waals surface area contributed by atoms with Gasteiger partial charge in [-0.1, -0.05) is 237 Å². The first-order chi connectivity index (χ1) is 58.2. The Bertz CT molecular complexity index is 8000. The van der Waals surface area contributed by atoms with E-state index in [1.807, 2.05) is 164 Å². The number of furan rings is 4. The Morgan fingerprint density at radius 3 is 0.932 bits per heavy atom. The van der Waals surface area contributed by atoms with Crippen molar-refractivity contribution >= 4 is 156 Å². The van der Waals surface area contributed by atoms with Gasteiger partial charge < -0.3 is 36.9 Å². The minimum atomic E-state index is -1.50. The first kappa shape index (κ1) is 69.3. The maximum atomic E-state index is 9.69. The van der Waals surface area contributed by atoms with E-state index in [-0.39, 0.29) is 5.28 Å². The third kappa shape index (κ3) is 12.2. The lowest BCUT2D eigenvalue weighted by Gasteiger charge is -2.14. The number of rotatable bonds is 10. The van der Waals surface area contributed by atoms with Crippen LogP contribution in [0.5, 0.6) is 0 Å². The summed E-state index contributed by atoms with van der Waals surface area (Å²) in [5.74, 6) is 2.61. The van der Waals surface area contributed by atoms with Gasteiger partial charge in [0.25, 0.3) is 0 Å². The van der Waals surface area contributed by atoms with Crippen LogP contribution < -0.4 is 5.46 Å². The molecule has 0 saturated carbocycles. The number of halogens is 1. The fourth-order valence-electron chi connectivity index (χ4n) is 16.7. The van der Waals surface area contributed by atoms with Crippen LogP contribution in [-0.2, 0) is 0 Å². The quantitative estimate of drug-likeness (QED) is 0.124. The van der Waals surface area contributed by atoms with E-state index in [1.54, 1.807) is 6.07 Å². The topological polar surface area (TPSA) is 180 Å². The summed E-state index contributed by atoms with van der Waals surface area (Å²) in [6.07, 6.45) is 0. The predicted octanol–water partition coefficient (Wildman–Crippen LogP) is 25.2. The van der Waals surface area contributed by atoms with Crippen molar-refractivity contribution in [1.82, 2.24) is 39.0 Å². The van der Waals surface area contributed by atoms with Gasteiger partial charge >= 0.3 is 7.12 Å². The van der Waals surface area contributed by atoms with Gasteiger partial charge in [0.2, 0.25) is 5.28 Å². The second-order valence-electron chi connectivity index (χ2n) is 29.1. The molecule has 8 aromatic heterocycles. The summed E-state index contributed by atoms with van der Waals surface area (Å²) in [6.45, 7) is 0. The molecule has 14 nitrogen and oxygen atoms in total. The van der Waals surface area contributed by atoms with E-state index < -0.39 is 7.12 Å². The number of nitrogens with zero attached hydrogens (tertiary/aromatic N) is 8. The Morgan fingerprint density at radius 1 is 0.220 bits per heavy atom. The van der Waals surface area contributed by atoms with Crippen LogP contribution in [0.15, 0.2) is 382 Å². The Kier molecular flexibility index (Phi) is 16.8. The van der Waals surface area contributed by atoms with Crippen LogP contribution in [0.3, 0.4) is 0 Å². The van der Waals surface area contributed by atoms with Crippen molar-refractivity contribution in [1.29, 1.82) is 0 Å². The molecule has 556 valence electrons. The molecule has 24 aromatic rings. The summed E-state index contributed by atoms with van der Waals surface area (Å²) in [5.41, 5.74) is 21.8. The van der Waals surface area contributed by atoms with Crippen molar-refractivity contribution in [3.8, 4) is 90.6 Å². The van der Waals surface area contributed by atoms with Gasteiger partial charge in [0, 0.05) is 104 Å². The Hall–Kier alpha value is -15.4. The Morgan fingerprint density at radius 2 is 0.517 bits per heavy atom.